The molecule has 6 heteroatoms. The van der Waals surface area contributed by atoms with E-state index in [1.54, 1.807) is 24.3 Å². The zero-order chi connectivity index (χ0) is 15.2. The van der Waals surface area contributed by atoms with Crippen LogP contribution >= 0.6 is 11.6 Å². The molecule has 0 saturated carbocycles. The maximum Gasteiger partial charge on any atom is 0.262 e. The summed E-state index contributed by atoms with van der Waals surface area (Å²) in [4.78, 5) is 11.7. The van der Waals surface area contributed by atoms with E-state index in [9.17, 15) is 9.18 Å². The molecule has 0 unspecified atom stereocenters. The summed E-state index contributed by atoms with van der Waals surface area (Å²) in [6, 6.07) is 12.1. The zero-order valence-electron chi connectivity index (χ0n) is 10.8. The van der Waals surface area contributed by atoms with Crippen molar-refractivity contribution in [2.24, 2.45) is 0 Å². The number of halogens is 2. The van der Waals surface area contributed by atoms with Crippen molar-refractivity contribution in [2.45, 2.75) is 0 Å². The smallest absolute Gasteiger partial charge is 0.262 e. The van der Waals surface area contributed by atoms with Gasteiger partial charge in [-0.1, -0.05) is 11.6 Å². The van der Waals surface area contributed by atoms with E-state index < -0.39 is 11.7 Å². The number of ether oxygens (including phenoxy) is 1. The first-order chi connectivity index (χ1) is 10.1. The Labute approximate surface area is 125 Å². The van der Waals surface area contributed by atoms with E-state index in [4.69, 9.17) is 21.6 Å². The fraction of sp³-hybridized carbons (Fsp3) is 0.0667. The highest BCUT2D eigenvalue weighted by Crippen LogP contribution is 2.19. The quantitative estimate of drug-likeness (QED) is 0.942. The molecule has 0 heterocycles. The van der Waals surface area contributed by atoms with Crippen LogP contribution in [0.2, 0.25) is 5.02 Å². The first-order valence-corrected chi connectivity index (χ1v) is 6.34. The molecule has 4 nitrogen and oxygen atoms in total. The molecule has 0 aliphatic carbocycles. The van der Waals surface area contributed by atoms with Gasteiger partial charge in [-0.15, -0.1) is 0 Å². The molecule has 0 aliphatic heterocycles. The first kappa shape index (κ1) is 14.8. The highest BCUT2D eigenvalue weighted by atomic mass is 35.5. The second-order valence-electron chi connectivity index (χ2n) is 4.10. The molecule has 1 amide bonds. The Balaban J connectivity index is 1.92. The predicted molar refractivity (Wildman–Crippen MR) is 76.7 cm³/mol. The summed E-state index contributed by atoms with van der Waals surface area (Å²) in [5, 5.41) is 11.3. The first-order valence-electron chi connectivity index (χ1n) is 5.96. The minimum Gasteiger partial charge on any atom is -0.484 e. The minimum atomic E-state index is -0.578. The lowest BCUT2D eigenvalue weighted by Crippen LogP contribution is -2.20. The third-order valence-corrected chi connectivity index (χ3v) is 2.79. The van der Waals surface area contributed by atoms with Gasteiger partial charge in [-0.3, -0.25) is 4.79 Å². The second kappa shape index (κ2) is 6.73. The van der Waals surface area contributed by atoms with Gasteiger partial charge in [-0.2, -0.15) is 5.26 Å². The van der Waals surface area contributed by atoms with Crippen molar-refractivity contribution >= 4 is 23.2 Å². The van der Waals surface area contributed by atoms with E-state index in [0.29, 0.717) is 16.3 Å². The summed E-state index contributed by atoms with van der Waals surface area (Å²) in [6.45, 7) is -0.280. The lowest BCUT2D eigenvalue weighted by molar-refractivity contribution is -0.118. The van der Waals surface area contributed by atoms with Gasteiger partial charge in [0.15, 0.2) is 6.61 Å². The highest BCUT2D eigenvalue weighted by molar-refractivity contribution is 6.30. The number of amides is 1. The zero-order valence-corrected chi connectivity index (χ0v) is 11.5. The Bertz CT molecular complexity index is 696. The summed E-state index contributed by atoms with van der Waals surface area (Å²) < 4.78 is 18.7. The average Bonchev–Trinajstić information content (AvgIpc) is 2.49. The Kier molecular flexibility index (Phi) is 4.75. The van der Waals surface area contributed by atoms with Gasteiger partial charge in [0.2, 0.25) is 0 Å². The van der Waals surface area contributed by atoms with E-state index in [0.717, 1.165) is 0 Å². The molecule has 2 aromatic carbocycles. The standard InChI is InChI=1S/C15H10ClFN2O2/c16-11-3-6-13(17)14(7-11)19-15(20)9-21-12-4-1-10(8-18)2-5-12/h1-7H,9H2,(H,19,20). The Hall–Kier alpha value is -2.58. The Morgan fingerprint density at radius 3 is 2.67 bits per heavy atom. The Morgan fingerprint density at radius 1 is 1.29 bits per heavy atom. The number of rotatable bonds is 4. The lowest BCUT2D eigenvalue weighted by Gasteiger charge is -2.08. The van der Waals surface area contributed by atoms with E-state index >= 15 is 0 Å². The molecule has 0 bridgehead atoms. The fourth-order valence-corrected chi connectivity index (χ4v) is 1.73. The number of nitriles is 1. The number of carbonyl (C=O) groups is 1. The average molecular weight is 305 g/mol. The maximum atomic E-state index is 13.4. The number of hydrogen-bond acceptors (Lipinski definition) is 3. The normalized spacial score (nSPS) is 9.76. The third-order valence-electron chi connectivity index (χ3n) is 2.56. The van der Waals surface area contributed by atoms with Crippen LogP contribution in [-0.4, -0.2) is 12.5 Å². The maximum absolute atomic E-state index is 13.4. The molecule has 2 aromatic rings. The number of benzene rings is 2. The number of anilines is 1. The van der Waals surface area contributed by atoms with Gasteiger partial charge in [0, 0.05) is 5.02 Å². The van der Waals surface area contributed by atoms with Crippen LogP contribution in [0.1, 0.15) is 5.56 Å². The molecule has 0 aromatic heterocycles. The summed E-state index contributed by atoms with van der Waals surface area (Å²) in [6.07, 6.45) is 0. The van der Waals surface area contributed by atoms with Crippen molar-refractivity contribution in [1.82, 2.24) is 0 Å². The largest absolute Gasteiger partial charge is 0.484 e. The topological polar surface area (TPSA) is 62.1 Å². The van der Waals surface area contributed by atoms with Gasteiger partial charge in [0.1, 0.15) is 11.6 Å². The van der Waals surface area contributed by atoms with E-state index in [1.165, 1.54) is 18.2 Å². The van der Waals surface area contributed by atoms with Gasteiger partial charge in [-0.05, 0) is 42.5 Å². The molecule has 21 heavy (non-hydrogen) atoms. The van der Waals surface area contributed by atoms with Crippen molar-refractivity contribution in [3.8, 4) is 11.8 Å². The van der Waals surface area contributed by atoms with Crippen LogP contribution in [0.5, 0.6) is 5.75 Å². The summed E-state index contributed by atoms with van der Waals surface area (Å²) in [7, 11) is 0. The second-order valence-corrected chi connectivity index (χ2v) is 4.53. The van der Waals surface area contributed by atoms with Crippen LogP contribution in [-0.2, 0) is 4.79 Å². The van der Waals surface area contributed by atoms with E-state index in [2.05, 4.69) is 5.32 Å². The molecular weight excluding hydrogens is 295 g/mol. The Morgan fingerprint density at radius 2 is 2.00 bits per heavy atom. The van der Waals surface area contributed by atoms with Gasteiger partial charge in [0.05, 0.1) is 17.3 Å². The molecule has 106 valence electrons. The summed E-state index contributed by atoms with van der Waals surface area (Å²) >= 11 is 5.73. The number of nitrogens with zero attached hydrogens (tertiary/aromatic N) is 1. The molecule has 0 fully saturated rings. The number of carbonyl (C=O) groups excluding carboxylic acids is 1. The molecule has 2 rings (SSSR count). The van der Waals surface area contributed by atoms with Crippen LogP contribution in [0.4, 0.5) is 10.1 Å². The monoisotopic (exact) mass is 304 g/mol. The van der Waals surface area contributed by atoms with Crippen molar-refractivity contribution in [1.29, 1.82) is 5.26 Å². The van der Waals surface area contributed by atoms with E-state index in [-0.39, 0.29) is 12.3 Å². The molecule has 0 atom stereocenters. The van der Waals surface area contributed by atoms with Crippen LogP contribution in [0.15, 0.2) is 42.5 Å². The predicted octanol–water partition coefficient (Wildman–Crippen LogP) is 3.37. The van der Waals surface area contributed by atoms with Crippen molar-refractivity contribution < 1.29 is 13.9 Å². The van der Waals surface area contributed by atoms with Crippen LogP contribution in [0, 0.1) is 17.1 Å². The lowest BCUT2D eigenvalue weighted by atomic mass is 10.2. The van der Waals surface area contributed by atoms with E-state index in [1.807, 2.05) is 6.07 Å². The number of hydrogen-bond donors (Lipinski definition) is 1. The van der Waals surface area contributed by atoms with Crippen LogP contribution < -0.4 is 10.1 Å². The van der Waals surface area contributed by atoms with Crippen molar-refractivity contribution in [3.63, 3.8) is 0 Å². The summed E-state index contributed by atoms with van der Waals surface area (Å²) in [5.74, 6) is -0.651. The van der Waals surface area contributed by atoms with Gasteiger partial charge >= 0.3 is 0 Å². The van der Waals surface area contributed by atoms with Crippen LogP contribution in [0.3, 0.4) is 0 Å². The van der Waals surface area contributed by atoms with Gasteiger partial charge < -0.3 is 10.1 Å². The SMILES string of the molecule is N#Cc1ccc(OCC(=O)Nc2cc(Cl)ccc2F)cc1. The third kappa shape index (κ3) is 4.20. The van der Waals surface area contributed by atoms with Gasteiger partial charge in [0.25, 0.3) is 5.91 Å². The minimum absolute atomic E-state index is 0.00377. The molecule has 0 aliphatic rings. The fourth-order valence-electron chi connectivity index (χ4n) is 1.55. The van der Waals surface area contributed by atoms with Crippen molar-refractivity contribution in [3.05, 3.63) is 58.9 Å². The molecule has 0 radical (unpaired) electrons. The molecule has 1 N–H and O–H groups in total. The van der Waals surface area contributed by atoms with Crippen LogP contribution in [0.25, 0.3) is 0 Å². The summed E-state index contributed by atoms with van der Waals surface area (Å²) in [5.41, 5.74) is 0.490. The molecule has 0 saturated heterocycles. The number of nitrogens with one attached hydrogen (secondary N) is 1. The van der Waals surface area contributed by atoms with Gasteiger partial charge in [-0.25, -0.2) is 4.39 Å². The van der Waals surface area contributed by atoms with Crippen molar-refractivity contribution in [2.75, 3.05) is 11.9 Å². The molecular formula is C15H10ClFN2O2. The highest BCUT2D eigenvalue weighted by Gasteiger charge is 2.08. The molecule has 0 spiro atoms.